The van der Waals surface area contributed by atoms with E-state index in [0.29, 0.717) is 24.0 Å². The highest BCUT2D eigenvalue weighted by molar-refractivity contribution is 7.84. The number of benzene rings is 2. The van der Waals surface area contributed by atoms with Crippen molar-refractivity contribution in [2.45, 2.75) is 76.1 Å². The lowest BCUT2D eigenvalue weighted by Crippen LogP contribution is -2.49. The summed E-state index contributed by atoms with van der Waals surface area (Å²) in [7, 11) is 0.326. The summed E-state index contributed by atoms with van der Waals surface area (Å²) < 4.78 is 28.6. The predicted molar refractivity (Wildman–Crippen MR) is 165 cm³/mol. The van der Waals surface area contributed by atoms with E-state index in [9.17, 15) is 9.00 Å². The number of anilines is 1. The van der Waals surface area contributed by atoms with Crippen LogP contribution in [0.1, 0.15) is 73.0 Å². The zero-order chi connectivity index (χ0) is 28.7. The van der Waals surface area contributed by atoms with E-state index in [1.54, 1.807) is 0 Å². The first-order valence-electron chi connectivity index (χ1n) is 15.3. The minimum Gasteiger partial charge on any atom is -0.490 e. The largest absolute Gasteiger partial charge is 0.490 e. The molecule has 0 aromatic heterocycles. The number of aryl methyl sites for hydroxylation is 2. The molecule has 2 aromatic rings. The third-order valence-corrected chi connectivity index (χ3v) is 11.8. The molecule has 4 aliphatic rings. The molecule has 220 valence electrons. The normalized spacial score (nSPS) is 34.3. The van der Waals surface area contributed by atoms with Gasteiger partial charge in [-0.05, 0) is 99.5 Å². The van der Waals surface area contributed by atoms with Gasteiger partial charge in [-0.2, -0.15) is 0 Å². The van der Waals surface area contributed by atoms with Gasteiger partial charge in [-0.25, -0.2) is 4.21 Å². The molecule has 1 saturated carbocycles. The van der Waals surface area contributed by atoms with Gasteiger partial charge < -0.3 is 14.4 Å². The Bertz CT molecular complexity index is 1360. The lowest BCUT2D eigenvalue weighted by atomic mass is 9.68. The van der Waals surface area contributed by atoms with Crippen LogP contribution in [0.2, 0.25) is 0 Å². The van der Waals surface area contributed by atoms with Crippen molar-refractivity contribution in [2.75, 3.05) is 31.7 Å². The summed E-state index contributed by atoms with van der Waals surface area (Å²) in [5.41, 5.74) is 5.52. The Morgan fingerprint density at radius 2 is 2.00 bits per heavy atom. The Balaban J connectivity index is 1.41. The number of nitrogens with zero attached hydrogens (tertiary/aromatic N) is 1. The molecule has 6 nitrogen and oxygen atoms in total. The molecule has 1 fully saturated rings. The van der Waals surface area contributed by atoms with Crippen molar-refractivity contribution in [3.63, 3.8) is 0 Å². The first kappa shape index (κ1) is 28.5. The van der Waals surface area contributed by atoms with Crippen LogP contribution >= 0.6 is 0 Å². The molecule has 41 heavy (non-hydrogen) atoms. The zero-order valence-corrected chi connectivity index (χ0v) is 25.7. The second kappa shape index (κ2) is 11.6. The number of allylic oxidation sites excluding steroid dienone is 1. The molecule has 2 aromatic carbocycles. The maximum atomic E-state index is 13.3. The van der Waals surface area contributed by atoms with Crippen molar-refractivity contribution < 1.29 is 18.5 Å². The molecule has 6 rings (SSSR count). The molecule has 2 bridgehead atoms. The van der Waals surface area contributed by atoms with Crippen LogP contribution in [0.25, 0.3) is 0 Å². The standard InChI is InChI=1S/C34H44N2O4S/c1-22-10-14-29-25(17-22)8-6-16-34(29)20-36-19-27-11-13-28(27)31(39-4)9-5-7-23(2)24(3)41(38)35-33(37)26-12-15-32(40-21-34)30(36)18-26/h5,9-10,12,14-15,17-18,23-24,27-28,31H,6-8,11,13,16,19-21H2,1-4H3,(H,35,37)/b9-5+/t23-,24+,27-,28+,31-,34-,41?/m0/s1. The maximum Gasteiger partial charge on any atom is 0.263 e. The van der Waals surface area contributed by atoms with Gasteiger partial charge in [-0.1, -0.05) is 42.8 Å². The van der Waals surface area contributed by atoms with E-state index in [1.165, 1.54) is 23.1 Å². The molecule has 2 aliphatic heterocycles. The van der Waals surface area contributed by atoms with Crippen LogP contribution in [-0.4, -0.2) is 48.3 Å². The molecule has 1 unspecified atom stereocenters. The van der Waals surface area contributed by atoms with Gasteiger partial charge in [-0.15, -0.1) is 0 Å². The highest BCUT2D eigenvalue weighted by Gasteiger charge is 2.44. The number of hydrogen-bond donors (Lipinski definition) is 1. The highest BCUT2D eigenvalue weighted by atomic mass is 32.2. The average molecular weight is 577 g/mol. The molecule has 2 heterocycles. The number of amides is 1. The van der Waals surface area contributed by atoms with Crippen LogP contribution in [0.3, 0.4) is 0 Å². The Kier molecular flexibility index (Phi) is 8.03. The van der Waals surface area contributed by atoms with E-state index in [-0.39, 0.29) is 28.6 Å². The summed E-state index contributed by atoms with van der Waals surface area (Å²) in [5, 5.41) is -0.176. The summed E-state index contributed by atoms with van der Waals surface area (Å²) >= 11 is 0. The lowest BCUT2D eigenvalue weighted by Gasteiger charge is -2.46. The number of ether oxygens (including phenoxy) is 2. The molecule has 7 atom stereocenters. The first-order valence-corrected chi connectivity index (χ1v) is 16.5. The van der Waals surface area contributed by atoms with E-state index in [0.717, 1.165) is 56.6 Å². The van der Waals surface area contributed by atoms with Gasteiger partial charge in [0.25, 0.3) is 5.91 Å². The topological polar surface area (TPSA) is 67.9 Å². The Hall–Kier alpha value is -2.64. The van der Waals surface area contributed by atoms with Crippen molar-refractivity contribution in [1.82, 2.24) is 4.72 Å². The molecular formula is C34H44N2O4S. The van der Waals surface area contributed by atoms with Crippen molar-refractivity contribution in [3.8, 4) is 5.75 Å². The molecule has 1 N–H and O–H groups in total. The molecule has 0 saturated heterocycles. The van der Waals surface area contributed by atoms with Crippen LogP contribution in [0.4, 0.5) is 5.69 Å². The number of carbonyl (C=O) groups excluding carboxylic acids is 1. The van der Waals surface area contributed by atoms with Crippen molar-refractivity contribution >= 4 is 22.6 Å². The number of nitrogens with one attached hydrogen (secondary N) is 1. The second-order valence-electron chi connectivity index (χ2n) is 12.9. The van der Waals surface area contributed by atoms with Crippen LogP contribution in [-0.2, 0) is 27.6 Å². The van der Waals surface area contributed by atoms with Crippen molar-refractivity contribution in [3.05, 3.63) is 70.8 Å². The molecule has 1 amide bonds. The quantitative estimate of drug-likeness (QED) is 0.429. The van der Waals surface area contributed by atoms with Gasteiger partial charge in [0.15, 0.2) is 0 Å². The lowest BCUT2D eigenvalue weighted by molar-refractivity contribution is 0.0131. The number of carbonyl (C=O) groups is 1. The van der Waals surface area contributed by atoms with Gasteiger partial charge in [-0.3, -0.25) is 9.52 Å². The van der Waals surface area contributed by atoms with Crippen molar-refractivity contribution in [2.24, 2.45) is 17.8 Å². The van der Waals surface area contributed by atoms with E-state index in [2.05, 4.69) is 53.8 Å². The molecule has 2 aliphatic carbocycles. The fraction of sp³-hybridized carbons (Fsp3) is 0.559. The van der Waals surface area contributed by atoms with Gasteiger partial charge in [0.1, 0.15) is 16.7 Å². The van der Waals surface area contributed by atoms with Crippen molar-refractivity contribution in [1.29, 1.82) is 0 Å². The van der Waals surface area contributed by atoms with E-state index >= 15 is 0 Å². The summed E-state index contributed by atoms with van der Waals surface area (Å²) in [4.78, 5) is 15.8. The zero-order valence-electron chi connectivity index (χ0n) is 24.9. The van der Waals surface area contributed by atoms with E-state index in [4.69, 9.17) is 9.47 Å². The van der Waals surface area contributed by atoms with E-state index < -0.39 is 11.0 Å². The Morgan fingerprint density at radius 1 is 1.15 bits per heavy atom. The molecule has 7 heteroatoms. The fourth-order valence-corrected chi connectivity index (χ4v) is 8.44. The smallest absolute Gasteiger partial charge is 0.263 e. The van der Waals surface area contributed by atoms with Crippen LogP contribution in [0.5, 0.6) is 5.75 Å². The van der Waals surface area contributed by atoms with Gasteiger partial charge >= 0.3 is 0 Å². The van der Waals surface area contributed by atoms with Gasteiger partial charge in [0.2, 0.25) is 0 Å². The van der Waals surface area contributed by atoms with Crippen LogP contribution in [0, 0.1) is 24.7 Å². The third kappa shape index (κ3) is 5.48. The summed E-state index contributed by atoms with van der Waals surface area (Å²) in [5.74, 6) is 1.61. The highest BCUT2D eigenvalue weighted by Crippen LogP contribution is 2.46. The van der Waals surface area contributed by atoms with Crippen LogP contribution < -0.4 is 14.4 Å². The first-order chi connectivity index (χ1) is 19.8. The minimum atomic E-state index is -1.49. The molecular weight excluding hydrogens is 532 g/mol. The number of hydrogen-bond acceptors (Lipinski definition) is 5. The summed E-state index contributed by atoms with van der Waals surface area (Å²) in [6.07, 6.45) is 10.9. The number of methoxy groups -OCH3 is 1. The maximum absolute atomic E-state index is 13.3. The third-order valence-electron chi connectivity index (χ3n) is 10.3. The number of fused-ring (bicyclic) bond motifs is 4. The van der Waals surface area contributed by atoms with E-state index in [1.807, 2.05) is 32.2 Å². The van der Waals surface area contributed by atoms with Gasteiger partial charge in [0.05, 0.1) is 23.6 Å². The Morgan fingerprint density at radius 3 is 2.78 bits per heavy atom. The SMILES string of the molecule is CO[C@H]1/C=C/C[C@H](C)[C@@H](C)S(=O)NC(=O)c2ccc3c(c2)N(C[C@@H]2CC[C@H]21)C[C@@]1(CCCc2cc(C)ccc21)CO3. The van der Waals surface area contributed by atoms with Crippen LogP contribution in [0.15, 0.2) is 48.6 Å². The summed E-state index contributed by atoms with van der Waals surface area (Å²) in [6.45, 7) is 8.57. The Labute approximate surface area is 247 Å². The molecule has 0 radical (unpaired) electrons. The monoisotopic (exact) mass is 576 g/mol. The van der Waals surface area contributed by atoms with Gasteiger partial charge in [0, 0.05) is 31.2 Å². The second-order valence-corrected chi connectivity index (χ2v) is 14.5. The molecule has 1 spiro atoms. The average Bonchev–Trinajstić information content (AvgIpc) is 3.10. The fourth-order valence-electron chi connectivity index (χ4n) is 7.42. The summed E-state index contributed by atoms with van der Waals surface area (Å²) in [6, 6.07) is 12.6. The minimum absolute atomic E-state index is 0.0655. The number of rotatable bonds is 1. The predicted octanol–water partition coefficient (Wildman–Crippen LogP) is 5.89.